The molecule has 0 aliphatic heterocycles. The Bertz CT molecular complexity index is 437. The second-order valence-electron chi connectivity index (χ2n) is 2.84. The molecule has 5 heteroatoms. The minimum Gasteiger partial charge on any atom is -0.197 e. The van der Waals surface area contributed by atoms with E-state index in [-0.39, 0.29) is 11.1 Å². The molecular formula is C10H5F3N2. The van der Waals surface area contributed by atoms with Crippen molar-refractivity contribution in [3.8, 4) is 12.1 Å². The molecule has 0 aromatic heterocycles. The van der Waals surface area contributed by atoms with Gasteiger partial charge in [-0.25, -0.2) is 0 Å². The lowest BCUT2D eigenvalue weighted by Gasteiger charge is -2.13. The van der Waals surface area contributed by atoms with Gasteiger partial charge < -0.3 is 0 Å². The summed E-state index contributed by atoms with van der Waals surface area (Å²) in [6.45, 7) is 0. The molecule has 15 heavy (non-hydrogen) atoms. The van der Waals surface area contributed by atoms with E-state index in [9.17, 15) is 13.2 Å². The molecule has 0 saturated carbocycles. The number of hydrogen-bond donors (Lipinski definition) is 0. The molecule has 0 bridgehead atoms. The first-order valence-corrected chi connectivity index (χ1v) is 3.95. The van der Waals surface area contributed by atoms with Crippen molar-refractivity contribution in [1.82, 2.24) is 0 Å². The van der Waals surface area contributed by atoms with Gasteiger partial charge in [-0.15, -0.1) is 0 Å². The summed E-state index contributed by atoms with van der Waals surface area (Å²) in [6.07, 6.45) is -4.61. The zero-order chi connectivity index (χ0) is 11.5. The predicted octanol–water partition coefficient (Wildman–Crippen LogP) is 2.73. The van der Waals surface area contributed by atoms with Crippen LogP contribution in [0.3, 0.4) is 0 Å². The van der Waals surface area contributed by atoms with Crippen molar-refractivity contribution in [2.24, 2.45) is 0 Å². The van der Waals surface area contributed by atoms with E-state index in [2.05, 4.69) is 0 Å². The molecule has 1 aromatic rings. The second kappa shape index (κ2) is 4.02. The topological polar surface area (TPSA) is 47.6 Å². The quantitative estimate of drug-likeness (QED) is 0.715. The van der Waals surface area contributed by atoms with Gasteiger partial charge in [-0.1, -0.05) is 12.1 Å². The number of halogens is 3. The van der Waals surface area contributed by atoms with Crippen LogP contribution in [0.4, 0.5) is 13.2 Å². The van der Waals surface area contributed by atoms with E-state index < -0.39 is 12.1 Å². The Morgan fingerprint density at radius 2 is 1.87 bits per heavy atom. The van der Waals surface area contributed by atoms with Gasteiger partial charge in [0.1, 0.15) is 0 Å². The molecule has 1 rings (SSSR count). The highest BCUT2D eigenvalue weighted by atomic mass is 19.4. The zero-order valence-electron chi connectivity index (χ0n) is 7.42. The van der Waals surface area contributed by atoms with Crippen molar-refractivity contribution in [1.29, 1.82) is 10.5 Å². The molecule has 1 atom stereocenters. The van der Waals surface area contributed by atoms with Gasteiger partial charge in [0.2, 0.25) is 0 Å². The molecule has 2 nitrogen and oxygen atoms in total. The normalized spacial score (nSPS) is 12.6. The van der Waals surface area contributed by atoms with Crippen LogP contribution in [-0.2, 0) is 0 Å². The summed E-state index contributed by atoms with van der Waals surface area (Å²) in [5, 5.41) is 16.9. The number of benzene rings is 1. The fraction of sp³-hybridized carbons (Fsp3) is 0.200. The minimum atomic E-state index is -4.61. The Kier molecular flexibility index (Phi) is 2.96. The third-order valence-electron chi connectivity index (χ3n) is 1.81. The van der Waals surface area contributed by atoms with Crippen LogP contribution in [0.2, 0.25) is 0 Å². The van der Waals surface area contributed by atoms with Gasteiger partial charge >= 0.3 is 6.18 Å². The largest absolute Gasteiger partial charge is 0.408 e. The Morgan fingerprint density at radius 1 is 1.20 bits per heavy atom. The molecule has 0 heterocycles. The van der Waals surface area contributed by atoms with Crippen molar-refractivity contribution in [3.63, 3.8) is 0 Å². The van der Waals surface area contributed by atoms with E-state index in [0.29, 0.717) is 0 Å². The molecule has 0 amide bonds. The van der Waals surface area contributed by atoms with Crippen LogP contribution in [0, 0.1) is 22.7 Å². The Labute approximate surface area is 84.2 Å². The molecule has 0 saturated heterocycles. The molecule has 0 unspecified atom stereocenters. The number of rotatable bonds is 1. The Balaban J connectivity index is 3.16. The highest BCUT2D eigenvalue weighted by Gasteiger charge is 2.41. The molecule has 0 aliphatic rings. The van der Waals surface area contributed by atoms with Crippen LogP contribution in [0.1, 0.15) is 17.0 Å². The van der Waals surface area contributed by atoms with E-state index in [0.717, 1.165) is 6.07 Å². The minimum absolute atomic E-state index is 0.108. The molecular weight excluding hydrogens is 205 g/mol. The number of nitriles is 2. The first kappa shape index (κ1) is 11.1. The molecule has 0 N–H and O–H groups in total. The first-order chi connectivity index (χ1) is 6.99. The van der Waals surface area contributed by atoms with Crippen molar-refractivity contribution in [2.75, 3.05) is 0 Å². The summed E-state index contributed by atoms with van der Waals surface area (Å²) in [7, 11) is 0. The second-order valence-corrected chi connectivity index (χ2v) is 2.84. The van der Waals surface area contributed by atoms with Gasteiger partial charge in [-0.05, 0) is 17.7 Å². The Hall–Kier alpha value is -2.01. The maximum atomic E-state index is 12.3. The summed E-state index contributed by atoms with van der Waals surface area (Å²) in [5.41, 5.74) is -0.0962. The fourth-order valence-corrected chi connectivity index (χ4v) is 1.12. The van der Waals surface area contributed by atoms with Crippen LogP contribution >= 0.6 is 0 Å². The van der Waals surface area contributed by atoms with Gasteiger partial charge in [-0.3, -0.25) is 0 Å². The maximum Gasteiger partial charge on any atom is 0.408 e. The zero-order valence-corrected chi connectivity index (χ0v) is 7.42. The molecule has 1 aromatic carbocycles. The van der Waals surface area contributed by atoms with Gasteiger partial charge in [-0.2, -0.15) is 23.7 Å². The lowest BCUT2D eigenvalue weighted by molar-refractivity contribution is -0.137. The molecule has 76 valence electrons. The van der Waals surface area contributed by atoms with Gasteiger partial charge in [0.15, 0.2) is 5.92 Å². The van der Waals surface area contributed by atoms with Crippen LogP contribution in [0.5, 0.6) is 0 Å². The van der Waals surface area contributed by atoms with E-state index in [1.54, 1.807) is 6.07 Å². The average Bonchev–Trinajstić information content (AvgIpc) is 2.17. The number of alkyl halides is 3. The van der Waals surface area contributed by atoms with E-state index in [1.165, 1.54) is 24.3 Å². The Morgan fingerprint density at radius 3 is 2.33 bits per heavy atom. The summed E-state index contributed by atoms with van der Waals surface area (Å²) < 4.78 is 37.0. The summed E-state index contributed by atoms with van der Waals surface area (Å²) in [4.78, 5) is 0. The van der Waals surface area contributed by atoms with E-state index in [4.69, 9.17) is 10.5 Å². The third-order valence-corrected chi connectivity index (χ3v) is 1.81. The lowest BCUT2D eigenvalue weighted by Crippen LogP contribution is -2.19. The standard InChI is InChI=1S/C10H5F3N2/c11-10(12,13)9(6-15)8-3-1-2-7(4-8)5-14/h1-4,9H/t9-/m0/s1. The van der Waals surface area contributed by atoms with Crippen LogP contribution in [0.25, 0.3) is 0 Å². The van der Waals surface area contributed by atoms with E-state index >= 15 is 0 Å². The monoisotopic (exact) mass is 210 g/mol. The summed E-state index contributed by atoms with van der Waals surface area (Å²) in [6, 6.07) is 7.86. The van der Waals surface area contributed by atoms with Gasteiger partial charge in [0.25, 0.3) is 0 Å². The van der Waals surface area contributed by atoms with E-state index in [1.807, 2.05) is 0 Å². The number of nitrogens with zero attached hydrogens (tertiary/aromatic N) is 2. The number of hydrogen-bond acceptors (Lipinski definition) is 2. The average molecular weight is 210 g/mol. The van der Waals surface area contributed by atoms with Crippen molar-refractivity contribution < 1.29 is 13.2 Å². The smallest absolute Gasteiger partial charge is 0.197 e. The molecule has 0 fully saturated rings. The molecule has 0 spiro atoms. The first-order valence-electron chi connectivity index (χ1n) is 3.95. The van der Waals surface area contributed by atoms with Gasteiger partial charge in [0, 0.05) is 0 Å². The maximum absolute atomic E-state index is 12.3. The van der Waals surface area contributed by atoms with Crippen molar-refractivity contribution in [3.05, 3.63) is 35.4 Å². The molecule has 0 radical (unpaired) electrons. The van der Waals surface area contributed by atoms with Crippen molar-refractivity contribution >= 4 is 0 Å². The van der Waals surface area contributed by atoms with Crippen LogP contribution < -0.4 is 0 Å². The van der Waals surface area contributed by atoms with Crippen molar-refractivity contribution in [2.45, 2.75) is 12.1 Å². The highest BCUT2D eigenvalue weighted by Crippen LogP contribution is 2.34. The van der Waals surface area contributed by atoms with Crippen LogP contribution in [0.15, 0.2) is 24.3 Å². The van der Waals surface area contributed by atoms with Crippen LogP contribution in [-0.4, -0.2) is 6.18 Å². The fourth-order valence-electron chi connectivity index (χ4n) is 1.12. The molecule has 0 aliphatic carbocycles. The lowest BCUT2D eigenvalue weighted by atomic mass is 9.98. The SMILES string of the molecule is N#Cc1cccc([C@H](C#N)C(F)(F)F)c1. The summed E-state index contributed by atoms with van der Waals surface area (Å²) >= 11 is 0. The predicted molar refractivity (Wildman–Crippen MR) is 45.6 cm³/mol. The van der Waals surface area contributed by atoms with Gasteiger partial charge in [0.05, 0.1) is 17.7 Å². The highest BCUT2D eigenvalue weighted by molar-refractivity contribution is 5.37. The summed E-state index contributed by atoms with van der Waals surface area (Å²) in [5.74, 6) is -2.18. The third kappa shape index (κ3) is 2.47.